The molecule has 4 aromatic rings. The summed E-state index contributed by atoms with van der Waals surface area (Å²) in [5.74, 6) is 1.09. The second kappa shape index (κ2) is 7.05. The summed E-state index contributed by atoms with van der Waals surface area (Å²) in [6.45, 7) is 3.01. The minimum atomic E-state index is 0.565. The van der Waals surface area contributed by atoms with E-state index in [-0.39, 0.29) is 0 Å². The van der Waals surface area contributed by atoms with Crippen molar-refractivity contribution >= 4 is 27.5 Å². The molecule has 0 amide bonds. The quantitative estimate of drug-likeness (QED) is 0.567. The molecule has 27 heavy (non-hydrogen) atoms. The van der Waals surface area contributed by atoms with Crippen molar-refractivity contribution in [3.05, 3.63) is 72.6 Å². The normalized spacial score (nSPS) is 15.6. The van der Waals surface area contributed by atoms with Gasteiger partial charge in [0.2, 0.25) is 0 Å². The van der Waals surface area contributed by atoms with Crippen LogP contribution >= 0.6 is 0 Å². The molecule has 4 heteroatoms. The number of piperidine rings is 1. The van der Waals surface area contributed by atoms with Gasteiger partial charge in [-0.2, -0.15) is 0 Å². The fourth-order valence-electron chi connectivity index (χ4n) is 4.11. The molecule has 5 rings (SSSR count). The predicted octanol–water partition coefficient (Wildman–Crippen LogP) is 4.47. The summed E-state index contributed by atoms with van der Waals surface area (Å²) < 4.78 is 0. The highest BCUT2D eigenvalue weighted by Crippen LogP contribution is 2.25. The number of benzene rings is 2. The van der Waals surface area contributed by atoms with E-state index in [1.807, 2.05) is 12.4 Å². The van der Waals surface area contributed by atoms with E-state index in [2.05, 4.69) is 74.8 Å². The summed E-state index contributed by atoms with van der Waals surface area (Å²) in [7, 11) is 0. The first kappa shape index (κ1) is 16.3. The molecule has 2 N–H and O–H groups in total. The lowest BCUT2D eigenvalue weighted by molar-refractivity contribution is 0.413. The SMILES string of the molecule is c1ccc2cc(CNC3CCN(c4nccc5cc[nH]c45)CC3)ccc2c1. The smallest absolute Gasteiger partial charge is 0.152 e. The van der Waals surface area contributed by atoms with Crippen LogP contribution in [0.15, 0.2) is 67.0 Å². The average Bonchev–Trinajstić information content (AvgIpc) is 3.21. The van der Waals surface area contributed by atoms with Crippen LogP contribution in [0.2, 0.25) is 0 Å². The zero-order valence-electron chi connectivity index (χ0n) is 15.4. The van der Waals surface area contributed by atoms with Crippen molar-refractivity contribution in [2.24, 2.45) is 0 Å². The summed E-state index contributed by atoms with van der Waals surface area (Å²) in [6, 6.07) is 20.0. The second-order valence-corrected chi connectivity index (χ2v) is 7.40. The van der Waals surface area contributed by atoms with Gasteiger partial charge in [-0.3, -0.25) is 0 Å². The van der Waals surface area contributed by atoms with Crippen molar-refractivity contribution in [2.75, 3.05) is 18.0 Å². The predicted molar refractivity (Wildman–Crippen MR) is 112 cm³/mol. The first-order valence-corrected chi connectivity index (χ1v) is 9.75. The van der Waals surface area contributed by atoms with E-state index in [0.717, 1.165) is 43.8 Å². The molecule has 1 fully saturated rings. The number of hydrogen-bond acceptors (Lipinski definition) is 3. The standard InChI is InChI=1S/C23H24N4/c1-2-4-20-15-17(5-6-18(20)3-1)16-26-21-9-13-27(14-10-21)23-22-19(7-11-24-22)8-12-25-23/h1-8,11-12,15,21,24,26H,9-10,13-14,16H2. The lowest BCUT2D eigenvalue weighted by Crippen LogP contribution is -2.42. The van der Waals surface area contributed by atoms with E-state index in [4.69, 9.17) is 0 Å². The van der Waals surface area contributed by atoms with Gasteiger partial charge < -0.3 is 15.2 Å². The van der Waals surface area contributed by atoms with Crippen LogP contribution in [0, 0.1) is 0 Å². The summed E-state index contributed by atoms with van der Waals surface area (Å²) in [5.41, 5.74) is 2.51. The maximum Gasteiger partial charge on any atom is 0.152 e. The Morgan fingerprint density at radius 2 is 1.81 bits per heavy atom. The number of hydrogen-bond donors (Lipinski definition) is 2. The third-order valence-electron chi connectivity index (χ3n) is 5.66. The Labute approximate surface area is 159 Å². The van der Waals surface area contributed by atoms with Gasteiger partial charge >= 0.3 is 0 Å². The van der Waals surface area contributed by atoms with Gasteiger partial charge in [-0.1, -0.05) is 36.4 Å². The highest BCUT2D eigenvalue weighted by molar-refractivity contribution is 5.89. The van der Waals surface area contributed by atoms with Gasteiger partial charge in [0.25, 0.3) is 0 Å². The number of H-pyrrole nitrogens is 1. The average molecular weight is 356 g/mol. The second-order valence-electron chi connectivity index (χ2n) is 7.40. The molecule has 0 aliphatic carbocycles. The van der Waals surface area contributed by atoms with Crippen molar-refractivity contribution < 1.29 is 0 Å². The van der Waals surface area contributed by atoms with Crippen molar-refractivity contribution in [3.8, 4) is 0 Å². The van der Waals surface area contributed by atoms with Crippen molar-refractivity contribution in [1.29, 1.82) is 0 Å². The Bertz CT molecular complexity index is 1060. The third-order valence-corrected chi connectivity index (χ3v) is 5.66. The maximum absolute atomic E-state index is 4.62. The Hall–Kier alpha value is -2.85. The molecule has 2 aromatic heterocycles. The molecule has 3 heterocycles. The Morgan fingerprint density at radius 1 is 0.963 bits per heavy atom. The minimum Gasteiger partial charge on any atom is -0.358 e. The number of nitrogens with zero attached hydrogens (tertiary/aromatic N) is 2. The zero-order chi connectivity index (χ0) is 18.1. The largest absolute Gasteiger partial charge is 0.358 e. The van der Waals surface area contributed by atoms with Crippen LogP contribution < -0.4 is 10.2 Å². The molecule has 1 aliphatic heterocycles. The Kier molecular flexibility index (Phi) is 4.26. The van der Waals surface area contributed by atoms with Crippen LogP contribution in [0.4, 0.5) is 5.82 Å². The Morgan fingerprint density at radius 3 is 2.70 bits per heavy atom. The molecule has 0 spiro atoms. The van der Waals surface area contributed by atoms with E-state index in [1.165, 1.54) is 21.7 Å². The monoisotopic (exact) mass is 356 g/mol. The van der Waals surface area contributed by atoms with Gasteiger partial charge in [-0.05, 0) is 47.4 Å². The van der Waals surface area contributed by atoms with Crippen LogP contribution in [0.1, 0.15) is 18.4 Å². The van der Waals surface area contributed by atoms with E-state index in [9.17, 15) is 0 Å². The molecular weight excluding hydrogens is 332 g/mol. The summed E-state index contributed by atoms with van der Waals surface area (Å²) in [6.07, 6.45) is 6.20. The van der Waals surface area contributed by atoms with Gasteiger partial charge in [-0.15, -0.1) is 0 Å². The summed E-state index contributed by atoms with van der Waals surface area (Å²) in [4.78, 5) is 10.4. The molecular formula is C23H24N4. The number of pyridine rings is 1. The number of nitrogens with one attached hydrogen (secondary N) is 2. The highest BCUT2D eigenvalue weighted by Gasteiger charge is 2.21. The molecule has 0 unspecified atom stereocenters. The molecule has 0 radical (unpaired) electrons. The molecule has 2 aromatic carbocycles. The molecule has 136 valence electrons. The Balaban J connectivity index is 1.21. The van der Waals surface area contributed by atoms with Crippen molar-refractivity contribution in [2.45, 2.75) is 25.4 Å². The number of aromatic nitrogens is 2. The van der Waals surface area contributed by atoms with Gasteiger partial charge in [0.05, 0.1) is 5.52 Å². The highest BCUT2D eigenvalue weighted by atomic mass is 15.2. The number of fused-ring (bicyclic) bond motifs is 2. The molecule has 4 nitrogen and oxygen atoms in total. The van der Waals surface area contributed by atoms with E-state index in [1.54, 1.807) is 0 Å². The molecule has 0 saturated carbocycles. The lowest BCUT2D eigenvalue weighted by Gasteiger charge is -2.33. The van der Waals surface area contributed by atoms with Crippen LogP contribution in [0.3, 0.4) is 0 Å². The molecule has 0 bridgehead atoms. The zero-order valence-corrected chi connectivity index (χ0v) is 15.4. The van der Waals surface area contributed by atoms with Crippen LogP contribution in [0.5, 0.6) is 0 Å². The fourth-order valence-corrected chi connectivity index (χ4v) is 4.11. The van der Waals surface area contributed by atoms with Crippen LogP contribution in [0.25, 0.3) is 21.7 Å². The van der Waals surface area contributed by atoms with E-state index in [0.29, 0.717) is 6.04 Å². The van der Waals surface area contributed by atoms with E-state index >= 15 is 0 Å². The topological polar surface area (TPSA) is 44.0 Å². The minimum absolute atomic E-state index is 0.565. The lowest BCUT2D eigenvalue weighted by atomic mass is 10.0. The number of anilines is 1. The van der Waals surface area contributed by atoms with Gasteiger partial charge in [0, 0.05) is 43.5 Å². The fraction of sp³-hybridized carbons (Fsp3) is 0.261. The van der Waals surface area contributed by atoms with Gasteiger partial charge in [0.15, 0.2) is 5.82 Å². The van der Waals surface area contributed by atoms with Crippen LogP contribution in [-0.4, -0.2) is 29.1 Å². The van der Waals surface area contributed by atoms with Crippen LogP contribution in [-0.2, 0) is 6.54 Å². The molecule has 0 atom stereocenters. The third kappa shape index (κ3) is 3.28. The number of aromatic amines is 1. The van der Waals surface area contributed by atoms with E-state index < -0.39 is 0 Å². The van der Waals surface area contributed by atoms with Crippen molar-refractivity contribution in [1.82, 2.24) is 15.3 Å². The summed E-state index contributed by atoms with van der Waals surface area (Å²) in [5, 5.41) is 7.61. The maximum atomic E-state index is 4.62. The van der Waals surface area contributed by atoms with Gasteiger partial charge in [-0.25, -0.2) is 4.98 Å². The molecule has 1 aliphatic rings. The summed E-state index contributed by atoms with van der Waals surface area (Å²) >= 11 is 0. The first-order valence-electron chi connectivity index (χ1n) is 9.75. The number of rotatable bonds is 4. The van der Waals surface area contributed by atoms with Crippen molar-refractivity contribution in [3.63, 3.8) is 0 Å². The van der Waals surface area contributed by atoms with Gasteiger partial charge in [0.1, 0.15) is 0 Å². The first-order chi connectivity index (χ1) is 13.4. The molecule has 1 saturated heterocycles.